The zero-order valence-corrected chi connectivity index (χ0v) is 59.5. The van der Waals surface area contributed by atoms with Gasteiger partial charge >= 0.3 is 5.97 Å². The first-order valence-electron chi connectivity index (χ1n) is 39.9. The molecule has 6 heteroatoms. The van der Waals surface area contributed by atoms with Crippen molar-refractivity contribution in [3.63, 3.8) is 0 Å². The lowest BCUT2D eigenvalue weighted by atomic mass is 10.0. The molecule has 518 valence electrons. The summed E-state index contributed by atoms with van der Waals surface area (Å²) in [6.45, 7) is 4.96. The third-order valence-electron chi connectivity index (χ3n) is 18.6. The van der Waals surface area contributed by atoms with Crippen molar-refractivity contribution >= 4 is 11.9 Å². The SMILES string of the molecule is CCCCC/C=C\C/C=C\CCCCCCCCCC(=O)OCCCCCCCCCCCCCCC/C=C\C/C=C\CCCCCCCCCCCCCCCCCCCC(=O)NC(CO)C(O)CCCCCCCCCCCCCCCCCCC. The highest BCUT2D eigenvalue weighted by molar-refractivity contribution is 5.76. The molecule has 0 aromatic heterocycles. The molecule has 88 heavy (non-hydrogen) atoms. The summed E-state index contributed by atoms with van der Waals surface area (Å²) in [6, 6.07) is -0.540. The van der Waals surface area contributed by atoms with Gasteiger partial charge < -0.3 is 20.3 Å². The van der Waals surface area contributed by atoms with Gasteiger partial charge in [0.05, 0.1) is 25.4 Å². The van der Waals surface area contributed by atoms with Crippen LogP contribution in [0.5, 0.6) is 0 Å². The normalized spacial score (nSPS) is 12.7. The minimum absolute atomic E-state index is 0.0114. The van der Waals surface area contributed by atoms with Crippen LogP contribution in [0.2, 0.25) is 0 Å². The van der Waals surface area contributed by atoms with E-state index in [0.29, 0.717) is 25.9 Å². The fourth-order valence-electron chi connectivity index (χ4n) is 12.5. The standard InChI is InChI=1S/C82H155NO5/c1-3-5-7-9-11-13-15-17-19-42-46-50-54-58-62-66-70-74-80(85)79(78-84)83-81(86)75-71-67-63-59-55-51-47-44-40-38-36-34-32-30-28-26-24-22-21-23-25-27-29-31-33-35-37-39-41-45-49-53-57-61-65-69-73-77-88-82(87)76-72-68-64-60-56-52-48-43-20-18-16-14-12-10-8-6-4-2/h12,14,18,20-21,23,27,29,79-80,84-85H,3-11,13,15-17,19,22,24-26,28,30-78H2,1-2H3,(H,83,86)/b14-12-,20-18-,23-21-,29-27-. The quantitative estimate of drug-likeness (QED) is 0.0320. The molecule has 0 aliphatic rings. The minimum atomic E-state index is -0.663. The summed E-state index contributed by atoms with van der Waals surface area (Å²) in [5.74, 6) is -0.0172. The first-order chi connectivity index (χ1) is 43.5. The van der Waals surface area contributed by atoms with Gasteiger partial charge in [-0.3, -0.25) is 9.59 Å². The van der Waals surface area contributed by atoms with Crippen molar-refractivity contribution in [1.82, 2.24) is 5.32 Å². The van der Waals surface area contributed by atoms with Crippen LogP contribution in [-0.4, -0.2) is 47.4 Å². The number of carbonyl (C=O) groups is 2. The van der Waals surface area contributed by atoms with E-state index in [1.54, 1.807) is 0 Å². The van der Waals surface area contributed by atoms with E-state index in [9.17, 15) is 19.8 Å². The van der Waals surface area contributed by atoms with Crippen molar-refractivity contribution in [1.29, 1.82) is 0 Å². The van der Waals surface area contributed by atoms with Gasteiger partial charge in [0.2, 0.25) is 5.91 Å². The first kappa shape index (κ1) is 85.8. The highest BCUT2D eigenvalue weighted by atomic mass is 16.5. The number of unbranched alkanes of at least 4 members (excludes halogenated alkanes) is 56. The molecule has 1 amide bonds. The van der Waals surface area contributed by atoms with Crippen molar-refractivity contribution in [2.75, 3.05) is 13.2 Å². The molecule has 6 nitrogen and oxygen atoms in total. The van der Waals surface area contributed by atoms with Crippen LogP contribution in [0.1, 0.15) is 438 Å². The van der Waals surface area contributed by atoms with Crippen LogP contribution in [0, 0.1) is 0 Å². The Morgan fingerprint density at radius 2 is 0.568 bits per heavy atom. The summed E-state index contributed by atoms with van der Waals surface area (Å²) in [7, 11) is 0. The number of amides is 1. The lowest BCUT2D eigenvalue weighted by molar-refractivity contribution is -0.143. The van der Waals surface area contributed by atoms with Gasteiger partial charge in [-0.25, -0.2) is 0 Å². The summed E-state index contributed by atoms with van der Waals surface area (Å²) in [4.78, 5) is 24.6. The smallest absolute Gasteiger partial charge is 0.305 e. The summed E-state index contributed by atoms with van der Waals surface area (Å²) < 4.78 is 5.50. The largest absolute Gasteiger partial charge is 0.466 e. The highest BCUT2D eigenvalue weighted by Crippen LogP contribution is 2.19. The van der Waals surface area contributed by atoms with Crippen molar-refractivity contribution < 1.29 is 24.5 Å². The second-order valence-corrected chi connectivity index (χ2v) is 27.4. The zero-order chi connectivity index (χ0) is 63.5. The maximum absolute atomic E-state index is 12.5. The molecule has 3 N–H and O–H groups in total. The monoisotopic (exact) mass is 1230 g/mol. The Morgan fingerprint density at radius 3 is 0.886 bits per heavy atom. The van der Waals surface area contributed by atoms with Crippen LogP contribution in [0.25, 0.3) is 0 Å². The van der Waals surface area contributed by atoms with E-state index in [0.717, 1.165) is 57.8 Å². The van der Waals surface area contributed by atoms with Gasteiger partial charge in [-0.05, 0) is 89.9 Å². The van der Waals surface area contributed by atoms with Crippen molar-refractivity contribution in [2.45, 2.75) is 450 Å². The Bertz CT molecular complexity index is 1470. The van der Waals surface area contributed by atoms with E-state index >= 15 is 0 Å². The minimum Gasteiger partial charge on any atom is -0.466 e. The van der Waals surface area contributed by atoms with Gasteiger partial charge in [0.1, 0.15) is 0 Å². The van der Waals surface area contributed by atoms with Gasteiger partial charge in [0.25, 0.3) is 0 Å². The molecule has 0 aromatic carbocycles. The maximum atomic E-state index is 12.5. The molecule has 0 fully saturated rings. The fraction of sp³-hybridized carbons (Fsp3) is 0.878. The Balaban J connectivity index is 3.36. The lowest BCUT2D eigenvalue weighted by Gasteiger charge is -2.22. The van der Waals surface area contributed by atoms with Gasteiger partial charge in [0.15, 0.2) is 0 Å². The van der Waals surface area contributed by atoms with E-state index in [1.807, 2.05) is 0 Å². The third kappa shape index (κ3) is 72.9. The predicted molar refractivity (Wildman–Crippen MR) is 389 cm³/mol. The lowest BCUT2D eigenvalue weighted by Crippen LogP contribution is -2.45. The van der Waals surface area contributed by atoms with E-state index in [4.69, 9.17) is 4.74 Å². The van der Waals surface area contributed by atoms with Gasteiger partial charge in [-0.1, -0.05) is 383 Å². The Hall–Kier alpha value is -2.18. The fourth-order valence-corrected chi connectivity index (χ4v) is 12.5. The number of rotatable bonds is 75. The zero-order valence-electron chi connectivity index (χ0n) is 59.5. The highest BCUT2D eigenvalue weighted by Gasteiger charge is 2.20. The molecule has 0 heterocycles. The number of hydrogen-bond donors (Lipinski definition) is 3. The molecule has 0 radical (unpaired) electrons. The van der Waals surface area contributed by atoms with E-state index in [-0.39, 0.29) is 18.5 Å². The van der Waals surface area contributed by atoms with Crippen LogP contribution in [0.15, 0.2) is 48.6 Å². The first-order valence-corrected chi connectivity index (χ1v) is 39.9. The topological polar surface area (TPSA) is 95.9 Å². The van der Waals surface area contributed by atoms with Crippen LogP contribution < -0.4 is 5.32 Å². The molecule has 0 rings (SSSR count). The molecule has 0 bridgehead atoms. The van der Waals surface area contributed by atoms with Gasteiger partial charge in [-0.2, -0.15) is 0 Å². The number of ether oxygens (including phenoxy) is 1. The second kappa shape index (κ2) is 77.3. The molecule has 2 unspecified atom stereocenters. The number of carbonyl (C=O) groups excluding carboxylic acids is 2. The number of hydrogen-bond acceptors (Lipinski definition) is 5. The number of aliphatic hydroxyl groups excluding tert-OH is 2. The van der Waals surface area contributed by atoms with Crippen LogP contribution in [0.4, 0.5) is 0 Å². The van der Waals surface area contributed by atoms with Crippen LogP contribution >= 0.6 is 0 Å². The Kier molecular flexibility index (Phi) is 75.4. The van der Waals surface area contributed by atoms with Crippen molar-refractivity contribution in [3.8, 4) is 0 Å². The van der Waals surface area contributed by atoms with E-state index in [1.165, 1.54) is 347 Å². The molecular weight excluding hydrogens is 1080 g/mol. The van der Waals surface area contributed by atoms with Gasteiger partial charge in [0, 0.05) is 12.8 Å². The summed E-state index contributed by atoms with van der Waals surface area (Å²) in [5.41, 5.74) is 0. The van der Waals surface area contributed by atoms with E-state index < -0.39 is 12.1 Å². The summed E-state index contributed by atoms with van der Waals surface area (Å²) in [5, 5.41) is 23.4. The predicted octanol–water partition coefficient (Wildman–Crippen LogP) is 26.4. The van der Waals surface area contributed by atoms with Gasteiger partial charge in [-0.15, -0.1) is 0 Å². The third-order valence-corrected chi connectivity index (χ3v) is 18.6. The Labute approximate surface area is 550 Å². The number of allylic oxidation sites excluding steroid dienone is 8. The molecule has 0 aliphatic heterocycles. The van der Waals surface area contributed by atoms with Crippen LogP contribution in [-0.2, 0) is 14.3 Å². The number of esters is 1. The van der Waals surface area contributed by atoms with E-state index in [2.05, 4.69) is 67.8 Å². The maximum Gasteiger partial charge on any atom is 0.305 e. The molecular formula is C82H155NO5. The number of aliphatic hydroxyl groups is 2. The van der Waals surface area contributed by atoms with Crippen molar-refractivity contribution in [2.24, 2.45) is 0 Å². The average Bonchev–Trinajstić information content (AvgIpc) is 3.58. The molecule has 0 aliphatic carbocycles. The van der Waals surface area contributed by atoms with Crippen LogP contribution in [0.3, 0.4) is 0 Å². The Morgan fingerprint density at radius 1 is 0.318 bits per heavy atom. The average molecular weight is 1240 g/mol. The number of nitrogens with one attached hydrogen (secondary N) is 1. The van der Waals surface area contributed by atoms with Crippen molar-refractivity contribution in [3.05, 3.63) is 48.6 Å². The summed E-state index contributed by atoms with van der Waals surface area (Å²) in [6.07, 6.45) is 102. The molecule has 0 saturated heterocycles. The molecule has 0 spiro atoms. The molecule has 2 atom stereocenters. The molecule has 0 aromatic rings. The molecule has 0 saturated carbocycles. The summed E-state index contributed by atoms with van der Waals surface area (Å²) >= 11 is 0. The second-order valence-electron chi connectivity index (χ2n) is 27.4.